The first-order valence-corrected chi connectivity index (χ1v) is 43.3. The molecule has 0 aliphatic heterocycles. The second-order valence-electron chi connectivity index (χ2n) is 25.8. The first-order chi connectivity index (χ1) is 52.7. The second kappa shape index (κ2) is 78.8. The minimum atomic E-state index is -5.02. The smallest absolute Gasteiger partial charge is 0.462 e. The van der Waals surface area contributed by atoms with Crippen LogP contribution in [0.1, 0.15) is 272 Å². The minimum absolute atomic E-state index is 0.0210. The fourth-order valence-electron chi connectivity index (χ4n) is 9.76. The lowest BCUT2D eigenvalue weighted by Crippen LogP contribution is -2.30. The maximum atomic E-state index is 13.1. The third-order valence-corrected chi connectivity index (χ3v) is 17.6. The van der Waals surface area contributed by atoms with Crippen molar-refractivity contribution in [2.75, 3.05) is 39.6 Å². The summed E-state index contributed by atoms with van der Waals surface area (Å²) in [5.74, 6) is -2.36. The highest BCUT2D eigenvalue weighted by Crippen LogP contribution is 2.45. The van der Waals surface area contributed by atoms with Gasteiger partial charge in [-0.05, 0) is 180 Å². The van der Waals surface area contributed by atoms with Crippen LogP contribution in [0.15, 0.2) is 207 Å². The number of carbonyl (C=O) groups excluding carboxylic acids is 4. The Balaban J connectivity index is 5.52. The van der Waals surface area contributed by atoms with Crippen LogP contribution in [0, 0.1) is 0 Å². The average Bonchev–Trinajstić information content (AvgIpc) is 0.906. The molecule has 0 aliphatic rings. The van der Waals surface area contributed by atoms with Crippen molar-refractivity contribution in [3.63, 3.8) is 0 Å². The van der Waals surface area contributed by atoms with Crippen molar-refractivity contribution in [1.29, 1.82) is 0 Å². The molecule has 19 heteroatoms. The van der Waals surface area contributed by atoms with Gasteiger partial charge >= 0.3 is 39.5 Å². The normalized spacial score (nSPS) is 14.9. The van der Waals surface area contributed by atoms with E-state index in [1.807, 2.05) is 12.2 Å². The highest BCUT2D eigenvalue weighted by atomic mass is 31.2. The van der Waals surface area contributed by atoms with E-state index in [2.05, 4.69) is 222 Å². The van der Waals surface area contributed by atoms with Crippen LogP contribution in [0.4, 0.5) is 0 Å². The third-order valence-electron chi connectivity index (χ3n) is 15.7. The van der Waals surface area contributed by atoms with E-state index in [1.165, 1.54) is 0 Å². The van der Waals surface area contributed by atoms with Gasteiger partial charge in [0.2, 0.25) is 0 Å². The standard InChI is InChI=1S/C89H140O17P2/c1-5-9-13-17-21-25-29-33-37-40-41-44-47-50-54-58-62-66-70-74-87(92)100-80-85(106-89(94)76-72-68-64-60-56-52-48-43-39-35-31-27-23-19-15-11-7-3)82-104-108(97,98)102-78-83(90)77-101-107(95,96)103-81-84(105-88(93)75-71-67-63-59-55-51-45-36-32-28-24-20-16-12-8-4)79-99-86(91)73-69-65-61-57-53-49-46-42-38-34-30-26-22-18-14-10-6-2/h9-16,21-28,33-39,41,44-46,48-49,52,55,57,59,61,83-85,90H,5-8,17-20,29-32,40,42-43,47,50-51,53-54,56,58,60,62-82H2,1-4H3,(H,95,96)(H,97,98)/b13-9-,14-10-,15-11-,16-12-,25-21-,26-22-,27-23-,28-24-,37-33-,38-34-,39-35-,44-41-,45-36-,49-46-,52-48-,59-55-,61-57-. The summed E-state index contributed by atoms with van der Waals surface area (Å²) in [4.78, 5) is 73.1. The van der Waals surface area contributed by atoms with Crippen LogP contribution in [-0.2, 0) is 65.4 Å². The van der Waals surface area contributed by atoms with Gasteiger partial charge in [0.25, 0.3) is 0 Å². The quantitative estimate of drug-likeness (QED) is 0.0169. The van der Waals surface area contributed by atoms with Crippen molar-refractivity contribution in [3.05, 3.63) is 207 Å². The van der Waals surface area contributed by atoms with Crippen LogP contribution in [0.3, 0.4) is 0 Å². The van der Waals surface area contributed by atoms with Gasteiger partial charge in [-0.3, -0.25) is 37.3 Å². The van der Waals surface area contributed by atoms with Crippen molar-refractivity contribution < 1.29 is 80.2 Å². The van der Waals surface area contributed by atoms with Gasteiger partial charge in [-0.2, -0.15) is 0 Å². The zero-order valence-electron chi connectivity index (χ0n) is 66.4. The molecule has 0 bridgehead atoms. The lowest BCUT2D eigenvalue weighted by molar-refractivity contribution is -0.161. The predicted molar refractivity (Wildman–Crippen MR) is 445 cm³/mol. The van der Waals surface area contributed by atoms with Crippen LogP contribution >= 0.6 is 15.6 Å². The van der Waals surface area contributed by atoms with Gasteiger partial charge in [0, 0.05) is 25.7 Å². The molecular weight excluding hydrogens is 1400 g/mol. The van der Waals surface area contributed by atoms with E-state index < -0.39 is 97.5 Å². The van der Waals surface area contributed by atoms with E-state index in [0.29, 0.717) is 38.5 Å². The van der Waals surface area contributed by atoms with Crippen LogP contribution in [-0.4, -0.2) is 96.7 Å². The Morgan fingerprint density at radius 1 is 0.259 bits per heavy atom. The molecule has 0 aromatic carbocycles. The summed E-state index contributed by atoms with van der Waals surface area (Å²) in [6.45, 7) is 4.23. The molecule has 0 rings (SSSR count). The summed E-state index contributed by atoms with van der Waals surface area (Å²) in [7, 11) is -10.0. The van der Waals surface area contributed by atoms with Crippen LogP contribution in [0.5, 0.6) is 0 Å². The Morgan fingerprint density at radius 3 is 0.750 bits per heavy atom. The molecule has 0 fully saturated rings. The number of phosphoric acid groups is 2. The van der Waals surface area contributed by atoms with Crippen LogP contribution < -0.4 is 0 Å². The number of aliphatic hydroxyl groups excluding tert-OH is 1. The number of allylic oxidation sites excluding steroid dienone is 34. The molecule has 0 aromatic rings. The number of aliphatic hydroxyl groups is 1. The molecule has 0 amide bonds. The summed E-state index contributed by atoms with van der Waals surface area (Å²) < 4.78 is 68.5. The Kier molecular flexibility index (Phi) is 74.1. The topological polar surface area (TPSA) is 237 Å². The fraction of sp³-hybridized carbons (Fsp3) is 0.573. The summed E-state index contributed by atoms with van der Waals surface area (Å²) in [6.07, 6.45) is 98.1. The predicted octanol–water partition coefficient (Wildman–Crippen LogP) is 23.9. The molecule has 5 unspecified atom stereocenters. The van der Waals surface area contributed by atoms with Gasteiger partial charge in [0.15, 0.2) is 12.2 Å². The second-order valence-corrected chi connectivity index (χ2v) is 28.7. The maximum absolute atomic E-state index is 13.1. The number of hydrogen-bond donors (Lipinski definition) is 3. The first kappa shape index (κ1) is 102. The molecule has 108 heavy (non-hydrogen) atoms. The molecule has 0 aromatic heterocycles. The summed E-state index contributed by atoms with van der Waals surface area (Å²) in [6, 6.07) is 0. The zero-order valence-corrected chi connectivity index (χ0v) is 68.2. The Morgan fingerprint density at radius 2 is 0.463 bits per heavy atom. The molecule has 0 aliphatic carbocycles. The van der Waals surface area contributed by atoms with Gasteiger partial charge in [-0.1, -0.05) is 273 Å². The van der Waals surface area contributed by atoms with Gasteiger partial charge in [0.1, 0.15) is 19.3 Å². The highest BCUT2D eigenvalue weighted by Gasteiger charge is 2.30. The molecule has 608 valence electrons. The third kappa shape index (κ3) is 77.8. The Hall–Kier alpha value is -6.36. The minimum Gasteiger partial charge on any atom is -0.462 e. The van der Waals surface area contributed by atoms with Crippen molar-refractivity contribution in [2.24, 2.45) is 0 Å². The van der Waals surface area contributed by atoms with Gasteiger partial charge in [-0.25, -0.2) is 9.13 Å². The van der Waals surface area contributed by atoms with Gasteiger partial charge in [0.05, 0.1) is 26.4 Å². The van der Waals surface area contributed by atoms with Crippen molar-refractivity contribution in [3.8, 4) is 0 Å². The van der Waals surface area contributed by atoms with Crippen molar-refractivity contribution >= 4 is 39.5 Å². The van der Waals surface area contributed by atoms with Gasteiger partial charge in [-0.15, -0.1) is 0 Å². The number of unbranched alkanes of at least 4 members (excludes halogenated alkanes) is 13. The maximum Gasteiger partial charge on any atom is 0.472 e. The van der Waals surface area contributed by atoms with E-state index in [9.17, 15) is 43.2 Å². The number of hydrogen-bond acceptors (Lipinski definition) is 15. The van der Waals surface area contributed by atoms with E-state index in [-0.39, 0.29) is 25.7 Å². The molecule has 0 saturated carbocycles. The SMILES string of the molecule is CC/C=C\C/C=C\C/C=C\C/C=C\C/C=C\CCCC(=O)OCC(COP(=O)(O)OCC(O)COP(=O)(O)OCC(COC(=O)CCCCCCCC/C=C\C/C=C\C/C=C\C/C=C\CC)OC(=O)CCCCCC/C=C\C/C=C\C/C=C\C/C=C\CC)OC(=O)CCCC/C=C\C/C=C\C/C=C\C/C=C\CC. The lowest BCUT2D eigenvalue weighted by Gasteiger charge is -2.21. The van der Waals surface area contributed by atoms with Crippen molar-refractivity contribution in [1.82, 2.24) is 0 Å². The number of rotatable bonds is 73. The van der Waals surface area contributed by atoms with E-state index in [1.54, 1.807) is 0 Å². The number of ether oxygens (including phenoxy) is 4. The summed E-state index contributed by atoms with van der Waals surface area (Å²) >= 11 is 0. The van der Waals surface area contributed by atoms with E-state index >= 15 is 0 Å². The molecule has 0 spiro atoms. The number of esters is 4. The van der Waals surface area contributed by atoms with Crippen molar-refractivity contribution in [2.45, 2.75) is 290 Å². The largest absolute Gasteiger partial charge is 0.472 e. The van der Waals surface area contributed by atoms with E-state index in [4.69, 9.17) is 37.0 Å². The highest BCUT2D eigenvalue weighted by molar-refractivity contribution is 7.47. The molecule has 0 heterocycles. The average molecular weight is 1540 g/mol. The molecule has 0 saturated heterocycles. The lowest BCUT2D eigenvalue weighted by atomic mass is 10.1. The molecular formula is C89H140O17P2. The van der Waals surface area contributed by atoms with Crippen LogP contribution in [0.25, 0.3) is 0 Å². The molecule has 17 nitrogen and oxygen atoms in total. The number of carbonyl (C=O) groups is 4. The molecule has 0 radical (unpaired) electrons. The first-order valence-electron chi connectivity index (χ1n) is 40.3. The fourth-order valence-corrected chi connectivity index (χ4v) is 11.3. The zero-order chi connectivity index (χ0) is 78.9. The van der Waals surface area contributed by atoms with Gasteiger partial charge < -0.3 is 33.8 Å². The molecule has 3 N–H and O–H groups in total. The van der Waals surface area contributed by atoms with E-state index in [0.717, 1.165) is 180 Å². The summed E-state index contributed by atoms with van der Waals surface area (Å²) in [5.41, 5.74) is 0. The van der Waals surface area contributed by atoms with Crippen LogP contribution in [0.2, 0.25) is 0 Å². The Bertz CT molecular complexity index is 2860. The molecule has 5 atom stereocenters. The Labute approximate surface area is 652 Å². The number of phosphoric ester groups is 2. The monoisotopic (exact) mass is 1540 g/mol. The summed E-state index contributed by atoms with van der Waals surface area (Å²) in [5, 5.41) is 10.7.